The molecule has 1 unspecified atom stereocenters. The Kier molecular flexibility index (Phi) is 7.75. The minimum atomic E-state index is -0.593. The first-order valence-electron chi connectivity index (χ1n) is 8.80. The molecule has 1 atom stereocenters. The third-order valence-electron chi connectivity index (χ3n) is 4.14. The van der Waals surface area contributed by atoms with Crippen molar-refractivity contribution in [1.82, 2.24) is 9.80 Å². The molecule has 0 fully saturated rings. The predicted octanol–water partition coefficient (Wildman–Crippen LogP) is 3.32. The van der Waals surface area contributed by atoms with Crippen LogP contribution in [0.15, 0.2) is 54.6 Å². The van der Waals surface area contributed by atoms with E-state index in [1.807, 2.05) is 49.3 Å². The highest BCUT2D eigenvalue weighted by molar-refractivity contribution is 5.80. The highest BCUT2D eigenvalue weighted by Gasteiger charge is 2.22. The number of halogens is 1. The Labute approximate surface area is 155 Å². The van der Waals surface area contributed by atoms with Crippen molar-refractivity contribution in [3.8, 4) is 0 Å². The lowest BCUT2D eigenvalue weighted by molar-refractivity contribution is -0.144. The van der Waals surface area contributed by atoms with Crippen molar-refractivity contribution in [2.45, 2.75) is 26.2 Å². The average Bonchev–Trinajstić information content (AvgIpc) is 2.64. The van der Waals surface area contributed by atoms with Gasteiger partial charge in [-0.3, -0.25) is 4.79 Å². The summed E-state index contributed by atoms with van der Waals surface area (Å²) in [6.45, 7) is 3.56. The Hall–Kier alpha value is -2.24. The number of ether oxygens (including phenoxy) is 1. The smallest absolute Gasteiger partial charge is 0.251 e. The Morgan fingerprint density at radius 1 is 1.04 bits per heavy atom. The number of carbonyl (C=O) groups excluding carboxylic acids is 1. The summed E-state index contributed by atoms with van der Waals surface area (Å²) >= 11 is 0. The lowest BCUT2D eigenvalue weighted by atomic mass is 10.2. The van der Waals surface area contributed by atoms with Crippen LogP contribution in [0.2, 0.25) is 0 Å². The SMILES string of the molecule is CC(OCc1ccccc1)C(=O)N(CCN(C)C)Cc1ccccc1F. The van der Waals surface area contributed by atoms with Crippen LogP contribution in [0.1, 0.15) is 18.1 Å². The van der Waals surface area contributed by atoms with Crippen molar-refractivity contribution >= 4 is 5.91 Å². The largest absolute Gasteiger partial charge is 0.364 e. The number of hydrogen-bond acceptors (Lipinski definition) is 3. The van der Waals surface area contributed by atoms with Gasteiger partial charge in [-0.05, 0) is 32.6 Å². The van der Waals surface area contributed by atoms with Crippen LogP contribution >= 0.6 is 0 Å². The van der Waals surface area contributed by atoms with E-state index in [1.165, 1.54) is 6.07 Å². The zero-order chi connectivity index (χ0) is 18.9. The molecule has 0 aliphatic heterocycles. The lowest BCUT2D eigenvalue weighted by Crippen LogP contribution is -2.42. The molecular formula is C21H27FN2O2. The molecule has 0 aliphatic carbocycles. The molecule has 0 heterocycles. The maximum Gasteiger partial charge on any atom is 0.251 e. The molecule has 2 aromatic carbocycles. The van der Waals surface area contributed by atoms with Crippen LogP contribution in [-0.4, -0.2) is 49.0 Å². The minimum absolute atomic E-state index is 0.133. The summed E-state index contributed by atoms with van der Waals surface area (Å²) in [7, 11) is 3.89. The molecule has 0 saturated heterocycles. The number of amides is 1. The van der Waals surface area contributed by atoms with E-state index in [0.717, 1.165) is 5.56 Å². The van der Waals surface area contributed by atoms with Gasteiger partial charge >= 0.3 is 0 Å². The third-order valence-corrected chi connectivity index (χ3v) is 4.14. The Balaban J connectivity index is 2.02. The Morgan fingerprint density at radius 2 is 1.69 bits per heavy atom. The molecule has 0 saturated carbocycles. The second-order valence-corrected chi connectivity index (χ2v) is 6.59. The zero-order valence-electron chi connectivity index (χ0n) is 15.7. The maximum absolute atomic E-state index is 14.0. The monoisotopic (exact) mass is 358 g/mol. The second-order valence-electron chi connectivity index (χ2n) is 6.59. The maximum atomic E-state index is 14.0. The molecule has 140 valence electrons. The van der Waals surface area contributed by atoms with Gasteiger partial charge in [-0.15, -0.1) is 0 Å². The van der Waals surface area contributed by atoms with E-state index in [4.69, 9.17) is 4.74 Å². The number of nitrogens with zero attached hydrogens (tertiary/aromatic N) is 2. The van der Waals surface area contributed by atoms with E-state index >= 15 is 0 Å². The van der Waals surface area contributed by atoms with Gasteiger partial charge in [0.1, 0.15) is 11.9 Å². The van der Waals surface area contributed by atoms with E-state index < -0.39 is 6.10 Å². The van der Waals surface area contributed by atoms with Crippen LogP contribution in [0.5, 0.6) is 0 Å². The zero-order valence-corrected chi connectivity index (χ0v) is 15.7. The number of rotatable bonds is 9. The van der Waals surface area contributed by atoms with Gasteiger partial charge in [0.15, 0.2) is 0 Å². The second kappa shape index (κ2) is 10.0. The van der Waals surface area contributed by atoms with Crippen molar-refractivity contribution in [2.24, 2.45) is 0 Å². The highest BCUT2D eigenvalue weighted by Crippen LogP contribution is 2.13. The standard InChI is InChI=1S/C21H27FN2O2/c1-17(26-16-18-9-5-4-6-10-18)21(25)24(14-13-23(2)3)15-19-11-7-8-12-20(19)22/h4-12,17H,13-16H2,1-3H3. The summed E-state index contributed by atoms with van der Waals surface area (Å²) in [5, 5.41) is 0. The molecule has 0 N–H and O–H groups in total. The fourth-order valence-electron chi connectivity index (χ4n) is 2.54. The molecule has 0 aliphatic rings. The van der Waals surface area contributed by atoms with Crippen molar-refractivity contribution in [3.63, 3.8) is 0 Å². The van der Waals surface area contributed by atoms with Gasteiger partial charge in [-0.1, -0.05) is 48.5 Å². The van der Waals surface area contributed by atoms with Crippen LogP contribution in [0.3, 0.4) is 0 Å². The fraction of sp³-hybridized carbons (Fsp3) is 0.381. The number of likely N-dealkylation sites (N-methyl/N-ethyl adjacent to an activating group) is 1. The van der Waals surface area contributed by atoms with Gasteiger partial charge in [-0.25, -0.2) is 4.39 Å². The summed E-state index contributed by atoms with van der Waals surface area (Å²) in [6.07, 6.45) is -0.593. The number of benzene rings is 2. The molecule has 0 radical (unpaired) electrons. The van der Waals surface area contributed by atoms with Crippen LogP contribution in [0.25, 0.3) is 0 Å². The average molecular weight is 358 g/mol. The normalized spacial score (nSPS) is 12.2. The summed E-state index contributed by atoms with van der Waals surface area (Å²) < 4.78 is 19.8. The summed E-state index contributed by atoms with van der Waals surface area (Å²) in [4.78, 5) is 16.5. The van der Waals surface area contributed by atoms with E-state index in [2.05, 4.69) is 0 Å². The van der Waals surface area contributed by atoms with Crippen LogP contribution in [-0.2, 0) is 22.7 Å². The van der Waals surface area contributed by atoms with Gasteiger partial charge in [-0.2, -0.15) is 0 Å². The minimum Gasteiger partial charge on any atom is -0.364 e. The predicted molar refractivity (Wildman–Crippen MR) is 101 cm³/mol. The lowest BCUT2D eigenvalue weighted by Gasteiger charge is -2.27. The van der Waals surface area contributed by atoms with E-state index in [9.17, 15) is 9.18 Å². The van der Waals surface area contributed by atoms with Crippen molar-refractivity contribution in [1.29, 1.82) is 0 Å². The molecule has 4 nitrogen and oxygen atoms in total. The molecule has 2 rings (SSSR count). The number of carbonyl (C=O) groups is 1. The number of hydrogen-bond donors (Lipinski definition) is 0. The van der Waals surface area contributed by atoms with E-state index in [0.29, 0.717) is 25.3 Å². The summed E-state index contributed by atoms with van der Waals surface area (Å²) in [5.41, 5.74) is 1.52. The summed E-state index contributed by atoms with van der Waals surface area (Å²) in [5.74, 6) is -0.431. The molecule has 1 amide bonds. The Morgan fingerprint density at radius 3 is 2.35 bits per heavy atom. The van der Waals surface area contributed by atoms with Gasteiger partial charge < -0.3 is 14.5 Å². The van der Waals surface area contributed by atoms with Crippen LogP contribution in [0.4, 0.5) is 4.39 Å². The van der Waals surface area contributed by atoms with Crippen molar-refractivity contribution in [2.75, 3.05) is 27.2 Å². The molecule has 0 bridgehead atoms. The van der Waals surface area contributed by atoms with E-state index in [1.54, 1.807) is 30.0 Å². The summed E-state index contributed by atoms with van der Waals surface area (Å²) in [6, 6.07) is 16.3. The first-order chi connectivity index (χ1) is 12.5. The van der Waals surface area contributed by atoms with Crippen molar-refractivity contribution in [3.05, 3.63) is 71.5 Å². The molecule has 2 aromatic rings. The Bertz CT molecular complexity index is 691. The van der Waals surface area contributed by atoms with Gasteiger partial charge in [0.05, 0.1) is 6.61 Å². The van der Waals surface area contributed by atoms with Gasteiger partial charge in [0, 0.05) is 25.2 Å². The quantitative estimate of drug-likeness (QED) is 0.689. The molecular weight excluding hydrogens is 331 g/mol. The topological polar surface area (TPSA) is 32.8 Å². The molecule has 0 aromatic heterocycles. The van der Waals surface area contributed by atoms with Crippen LogP contribution in [0, 0.1) is 5.82 Å². The van der Waals surface area contributed by atoms with E-state index in [-0.39, 0.29) is 18.3 Å². The third kappa shape index (κ3) is 6.24. The first kappa shape index (κ1) is 20.1. The molecule has 0 spiro atoms. The van der Waals surface area contributed by atoms with Gasteiger partial charge in [0.25, 0.3) is 5.91 Å². The molecule has 5 heteroatoms. The fourth-order valence-corrected chi connectivity index (χ4v) is 2.54. The van der Waals surface area contributed by atoms with Gasteiger partial charge in [0.2, 0.25) is 0 Å². The first-order valence-corrected chi connectivity index (χ1v) is 8.80. The molecule has 26 heavy (non-hydrogen) atoms. The van der Waals surface area contributed by atoms with Crippen molar-refractivity contribution < 1.29 is 13.9 Å². The van der Waals surface area contributed by atoms with Crippen LogP contribution < -0.4 is 0 Å². The highest BCUT2D eigenvalue weighted by atomic mass is 19.1.